The largest absolute Gasteiger partial charge is 0.480 e. The maximum absolute atomic E-state index is 13.1. The third-order valence-electron chi connectivity index (χ3n) is 6.32. The molecule has 0 heterocycles. The highest BCUT2D eigenvalue weighted by molar-refractivity contribution is 5.87. The summed E-state index contributed by atoms with van der Waals surface area (Å²) in [6.07, 6.45) is 3.83. The highest BCUT2D eigenvalue weighted by Gasteiger charge is 2.68. The Morgan fingerprint density at radius 1 is 1.17 bits per heavy atom. The van der Waals surface area contributed by atoms with Crippen LogP contribution in [0, 0.1) is 29.6 Å². The minimum atomic E-state index is -0.928. The van der Waals surface area contributed by atoms with E-state index in [0.29, 0.717) is 18.4 Å². The van der Waals surface area contributed by atoms with E-state index in [1.165, 1.54) is 19.3 Å². The van der Waals surface area contributed by atoms with Gasteiger partial charge < -0.3 is 10.0 Å². The van der Waals surface area contributed by atoms with Crippen molar-refractivity contribution in [3.8, 4) is 0 Å². The van der Waals surface area contributed by atoms with E-state index in [1.54, 1.807) is 11.8 Å². The Morgan fingerprint density at radius 3 is 2.35 bits per heavy atom. The van der Waals surface area contributed by atoms with Crippen LogP contribution in [0.25, 0.3) is 0 Å². The molecule has 5 atom stereocenters. The normalized spacial score (nSPS) is 34.7. The van der Waals surface area contributed by atoms with Crippen molar-refractivity contribution in [3.05, 3.63) is 35.9 Å². The zero-order valence-electron chi connectivity index (χ0n) is 13.4. The summed E-state index contributed by atoms with van der Waals surface area (Å²) in [6, 6.07) is 8.91. The van der Waals surface area contributed by atoms with Crippen LogP contribution in [-0.2, 0) is 16.1 Å². The Hall–Kier alpha value is -1.84. The lowest BCUT2D eigenvalue weighted by Crippen LogP contribution is -2.44. The van der Waals surface area contributed by atoms with Gasteiger partial charge in [-0.2, -0.15) is 0 Å². The van der Waals surface area contributed by atoms with Crippen molar-refractivity contribution < 1.29 is 14.7 Å². The van der Waals surface area contributed by atoms with Gasteiger partial charge in [-0.15, -0.1) is 0 Å². The Labute approximate surface area is 136 Å². The molecule has 3 saturated carbocycles. The van der Waals surface area contributed by atoms with Crippen LogP contribution in [0.5, 0.6) is 0 Å². The van der Waals surface area contributed by atoms with Gasteiger partial charge in [-0.1, -0.05) is 30.3 Å². The van der Waals surface area contributed by atoms with Crippen LogP contribution < -0.4 is 0 Å². The number of carbonyl (C=O) groups excluding carboxylic acids is 1. The third-order valence-corrected chi connectivity index (χ3v) is 6.32. The number of carboxylic acids is 1. The van der Waals surface area contributed by atoms with E-state index in [4.69, 9.17) is 0 Å². The quantitative estimate of drug-likeness (QED) is 0.909. The molecule has 0 saturated heterocycles. The van der Waals surface area contributed by atoms with Crippen molar-refractivity contribution in [1.29, 1.82) is 0 Å². The third kappa shape index (κ3) is 2.35. The van der Waals surface area contributed by atoms with Gasteiger partial charge in [-0.25, -0.2) is 4.79 Å². The number of benzene rings is 1. The van der Waals surface area contributed by atoms with Gasteiger partial charge in [0.15, 0.2) is 0 Å². The number of carbonyl (C=O) groups is 2. The fraction of sp³-hybridized carbons (Fsp3) is 0.579. The lowest BCUT2D eigenvalue weighted by molar-refractivity contribution is -0.151. The van der Waals surface area contributed by atoms with Gasteiger partial charge in [0.05, 0.1) is 0 Å². The second kappa shape index (κ2) is 5.36. The van der Waals surface area contributed by atoms with Crippen molar-refractivity contribution in [2.24, 2.45) is 29.6 Å². The zero-order valence-corrected chi connectivity index (χ0v) is 13.4. The average Bonchev–Trinajstić information content (AvgIpc) is 2.99. The Kier molecular flexibility index (Phi) is 3.43. The maximum Gasteiger partial charge on any atom is 0.326 e. The summed E-state index contributed by atoms with van der Waals surface area (Å²) in [5, 5.41) is 9.41. The van der Waals surface area contributed by atoms with Crippen LogP contribution in [0.4, 0.5) is 0 Å². The van der Waals surface area contributed by atoms with Crippen molar-refractivity contribution in [2.75, 3.05) is 0 Å². The molecule has 23 heavy (non-hydrogen) atoms. The van der Waals surface area contributed by atoms with Crippen molar-refractivity contribution >= 4 is 11.9 Å². The first-order valence-corrected chi connectivity index (χ1v) is 8.65. The molecule has 1 aromatic rings. The van der Waals surface area contributed by atoms with Crippen LogP contribution in [0.2, 0.25) is 0 Å². The molecule has 0 spiro atoms. The molecule has 3 aliphatic rings. The number of nitrogens with zero attached hydrogens (tertiary/aromatic N) is 1. The molecule has 3 aliphatic carbocycles. The van der Waals surface area contributed by atoms with Crippen LogP contribution in [0.1, 0.15) is 31.7 Å². The summed E-state index contributed by atoms with van der Waals surface area (Å²) < 4.78 is 0. The van der Waals surface area contributed by atoms with Crippen LogP contribution >= 0.6 is 0 Å². The lowest BCUT2D eigenvalue weighted by atomic mass is 10.0. The predicted octanol–water partition coefficient (Wildman–Crippen LogP) is 2.78. The average molecular weight is 313 g/mol. The predicted molar refractivity (Wildman–Crippen MR) is 85.4 cm³/mol. The van der Waals surface area contributed by atoms with Crippen LogP contribution in [0.15, 0.2) is 30.3 Å². The van der Waals surface area contributed by atoms with Gasteiger partial charge in [0.2, 0.25) is 5.91 Å². The topological polar surface area (TPSA) is 57.6 Å². The van der Waals surface area contributed by atoms with Gasteiger partial charge >= 0.3 is 5.97 Å². The molecule has 1 aromatic carbocycles. The summed E-state index contributed by atoms with van der Waals surface area (Å²) >= 11 is 0. The number of fused-ring (bicyclic) bond motifs is 5. The highest BCUT2D eigenvalue weighted by Crippen LogP contribution is 2.69. The summed E-state index contributed by atoms with van der Waals surface area (Å²) in [7, 11) is 0. The van der Waals surface area contributed by atoms with E-state index in [1.807, 2.05) is 30.3 Å². The number of rotatable bonds is 5. The van der Waals surface area contributed by atoms with Crippen molar-refractivity contribution in [2.45, 2.75) is 38.8 Å². The highest BCUT2D eigenvalue weighted by atomic mass is 16.4. The Balaban J connectivity index is 1.53. The summed E-state index contributed by atoms with van der Waals surface area (Å²) in [6.45, 7) is 2.01. The van der Waals surface area contributed by atoms with E-state index in [9.17, 15) is 14.7 Å². The smallest absolute Gasteiger partial charge is 0.326 e. The SMILES string of the molecule is CC(C(=O)O)N(Cc1ccccc1)C(=O)C1C2C3CCC(C3)C12. The minimum Gasteiger partial charge on any atom is -0.480 e. The number of carboxylic acid groups (broad SMARTS) is 1. The number of aliphatic carboxylic acids is 1. The molecular weight excluding hydrogens is 290 g/mol. The molecule has 2 bridgehead atoms. The number of hydrogen-bond donors (Lipinski definition) is 1. The molecular formula is C19H23NO3. The van der Waals surface area contributed by atoms with E-state index < -0.39 is 12.0 Å². The minimum absolute atomic E-state index is 0.0651. The summed E-state index contributed by atoms with van der Waals surface area (Å²) in [5.41, 5.74) is 0.989. The van der Waals surface area contributed by atoms with Gasteiger partial charge in [0.1, 0.15) is 6.04 Å². The molecule has 0 aliphatic heterocycles. The first kappa shape index (κ1) is 14.7. The lowest BCUT2D eigenvalue weighted by Gasteiger charge is -2.28. The molecule has 4 rings (SSSR count). The summed E-state index contributed by atoms with van der Waals surface area (Å²) in [5.74, 6) is 1.75. The van der Waals surface area contributed by atoms with E-state index >= 15 is 0 Å². The second-order valence-corrected chi connectivity index (χ2v) is 7.48. The first-order chi connectivity index (χ1) is 11.1. The number of hydrogen-bond acceptors (Lipinski definition) is 2. The first-order valence-electron chi connectivity index (χ1n) is 8.65. The van der Waals surface area contributed by atoms with Gasteiger partial charge in [0, 0.05) is 12.5 Å². The second-order valence-electron chi connectivity index (χ2n) is 7.48. The van der Waals surface area contributed by atoms with Crippen molar-refractivity contribution in [3.63, 3.8) is 0 Å². The molecule has 0 radical (unpaired) electrons. The van der Waals surface area contributed by atoms with E-state index in [0.717, 1.165) is 17.4 Å². The Bertz CT molecular complexity index is 613. The number of amides is 1. The molecule has 5 unspecified atom stereocenters. The van der Waals surface area contributed by atoms with Crippen LogP contribution in [0.3, 0.4) is 0 Å². The molecule has 122 valence electrons. The van der Waals surface area contributed by atoms with Gasteiger partial charge in [-0.05, 0) is 55.4 Å². The van der Waals surface area contributed by atoms with E-state index in [-0.39, 0.29) is 11.8 Å². The maximum atomic E-state index is 13.1. The molecule has 4 heteroatoms. The monoisotopic (exact) mass is 313 g/mol. The van der Waals surface area contributed by atoms with E-state index in [2.05, 4.69) is 0 Å². The standard InChI is InChI=1S/C19H23NO3/c1-11(19(22)23)20(10-12-5-3-2-4-6-12)18(21)17-15-13-7-8-14(9-13)16(15)17/h2-6,11,13-17H,7-10H2,1H3,(H,22,23). The fourth-order valence-corrected chi connectivity index (χ4v) is 5.17. The Morgan fingerprint density at radius 2 is 1.78 bits per heavy atom. The zero-order chi connectivity index (χ0) is 16.1. The van der Waals surface area contributed by atoms with Crippen molar-refractivity contribution in [1.82, 2.24) is 4.90 Å². The molecule has 1 amide bonds. The fourth-order valence-electron chi connectivity index (χ4n) is 5.17. The molecule has 4 nitrogen and oxygen atoms in total. The molecule has 1 N–H and O–H groups in total. The van der Waals surface area contributed by atoms with Gasteiger partial charge in [0.25, 0.3) is 0 Å². The molecule has 0 aromatic heterocycles. The molecule has 3 fully saturated rings. The summed E-state index contributed by atoms with van der Waals surface area (Å²) in [4.78, 5) is 26.1. The van der Waals surface area contributed by atoms with Gasteiger partial charge in [-0.3, -0.25) is 4.79 Å². The van der Waals surface area contributed by atoms with Crippen LogP contribution in [-0.4, -0.2) is 27.9 Å².